The molecule has 9 nitrogen and oxygen atoms in total. The molecule has 3 atom stereocenters. The lowest BCUT2D eigenvalue weighted by atomic mass is 9.87. The number of anilines is 1. The van der Waals surface area contributed by atoms with Gasteiger partial charge in [-0.2, -0.15) is 0 Å². The molecule has 0 spiro atoms. The molecule has 1 saturated heterocycles. The van der Waals surface area contributed by atoms with Crippen molar-refractivity contribution in [1.29, 1.82) is 0 Å². The van der Waals surface area contributed by atoms with Gasteiger partial charge in [-0.05, 0) is 78.5 Å². The highest BCUT2D eigenvalue weighted by Gasteiger charge is 2.41. The zero-order valence-corrected chi connectivity index (χ0v) is 25.4. The van der Waals surface area contributed by atoms with Gasteiger partial charge in [0.25, 0.3) is 11.8 Å². The number of aromatic hydroxyl groups is 1. The number of amides is 3. The third kappa shape index (κ3) is 7.63. The number of benzene rings is 2. The molecule has 1 aliphatic rings. The van der Waals surface area contributed by atoms with Crippen molar-refractivity contribution in [2.75, 3.05) is 18.1 Å². The Morgan fingerprint density at radius 2 is 1.80 bits per heavy atom. The summed E-state index contributed by atoms with van der Waals surface area (Å²) in [7, 11) is 0. The predicted octanol–water partition coefficient (Wildman–Crippen LogP) is 3.89. The summed E-state index contributed by atoms with van der Waals surface area (Å²) in [5, 5.41) is 22.8. The molecule has 1 aromatic heterocycles. The molecule has 3 N–H and O–H groups in total. The average molecular weight is 597 g/mol. The topological polar surface area (TPSA) is 123 Å². The number of aromatic nitrogens is 1. The van der Waals surface area contributed by atoms with Crippen molar-refractivity contribution in [2.45, 2.75) is 70.0 Å². The minimum atomic E-state index is -1.17. The van der Waals surface area contributed by atoms with Crippen LogP contribution in [0.2, 0.25) is 0 Å². The molecule has 230 valence electrons. The van der Waals surface area contributed by atoms with Crippen LogP contribution < -0.4 is 10.2 Å². The second kappa shape index (κ2) is 14.2. The van der Waals surface area contributed by atoms with Gasteiger partial charge >= 0.3 is 0 Å². The highest BCUT2D eigenvalue weighted by molar-refractivity contribution is 6.06. The third-order valence-corrected chi connectivity index (χ3v) is 7.91. The fourth-order valence-electron chi connectivity index (χ4n) is 5.51. The fourth-order valence-corrected chi connectivity index (χ4v) is 5.51. The second-order valence-electron chi connectivity index (χ2n) is 12.1. The van der Waals surface area contributed by atoms with Gasteiger partial charge in [-0.3, -0.25) is 24.3 Å². The van der Waals surface area contributed by atoms with Gasteiger partial charge in [0, 0.05) is 30.2 Å². The maximum Gasteiger partial charge on any atom is 0.298 e. The largest absolute Gasteiger partial charge is 0.508 e. The van der Waals surface area contributed by atoms with Crippen LogP contribution in [0.5, 0.6) is 5.75 Å². The Bertz CT molecular complexity index is 1480. The molecule has 0 bridgehead atoms. The van der Waals surface area contributed by atoms with Crippen molar-refractivity contribution in [3.05, 3.63) is 89.7 Å². The zero-order valence-electron chi connectivity index (χ0n) is 25.4. The van der Waals surface area contributed by atoms with E-state index in [4.69, 9.17) is 6.42 Å². The highest BCUT2D eigenvalue weighted by atomic mass is 16.3. The quantitative estimate of drug-likeness (QED) is 0.322. The van der Waals surface area contributed by atoms with Crippen LogP contribution in [-0.2, 0) is 26.2 Å². The number of nitrogens with one attached hydrogen (secondary N) is 1. The molecule has 1 fully saturated rings. The van der Waals surface area contributed by atoms with Crippen molar-refractivity contribution in [1.82, 2.24) is 15.2 Å². The average Bonchev–Trinajstić information content (AvgIpc) is 3.03. The number of hydrogen-bond acceptors (Lipinski definition) is 6. The molecule has 2 heterocycles. The van der Waals surface area contributed by atoms with Crippen LogP contribution in [0.4, 0.5) is 5.69 Å². The van der Waals surface area contributed by atoms with Crippen molar-refractivity contribution >= 4 is 23.4 Å². The second-order valence-corrected chi connectivity index (χ2v) is 12.1. The Morgan fingerprint density at radius 3 is 2.39 bits per heavy atom. The maximum atomic E-state index is 14.6. The van der Waals surface area contributed by atoms with Gasteiger partial charge in [0.15, 0.2) is 0 Å². The summed E-state index contributed by atoms with van der Waals surface area (Å²) in [6.45, 7) is 6.26. The SMILES string of the molecule is C#CC(=O)N1CCCCC1C(=O)N(c1ccc(C(C)(C)C)cc1)C(C(=O)NC(CO)Cc1ccc(O)cc1)c1cccnc1. The Kier molecular flexibility index (Phi) is 10.4. The molecule has 4 rings (SSSR count). The van der Waals surface area contributed by atoms with E-state index in [1.54, 1.807) is 42.6 Å². The van der Waals surface area contributed by atoms with E-state index in [2.05, 4.69) is 37.0 Å². The van der Waals surface area contributed by atoms with Gasteiger partial charge < -0.3 is 20.4 Å². The van der Waals surface area contributed by atoms with Gasteiger partial charge in [-0.15, -0.1) is 6.42 Å². The first-order chi connectivity index (χ1) is 21.0. The minimum absolute atomic E-state index is 0.113. The molecular weight excluding hydrogens is 556 g/mol. The van der Waals surface area contributed by atoms with Gasteiger partial charge in [0.05, 0.1) is 12.6 Å². The van der Waals surface area contributed by atoms with E-state index in [1.165, 1.54) is 16.0 Å². The molecule has 9 heteroatoms. The fraction of sp³-hybridized carbons (Fsp3) is 0.371. The third-order valence-electron chi connectivity index (χ3n) is 7.91. The summed E-state index contributed by atoms with van der Waals surface area (Å²) in [6.07, 6.45) is 10.7. The van der Waals surface area contributed by atoms with Crippen LogP contribution in [0.15, 0.2) is 73.1 Å². The number of phenolic OH excluding ortho intramolecular Hbond substituents is 1. The molecule has 0 aliphatic carbocycles. The van der Waals surface area contributed by atoms with E-state index >= 15 is 0 Å². The lowest BCUT2D eigenvalue weighted by Gasteiger charge is -2.39. The number of rotatable bonds is 9. The molecule has 0 saturated carbocycles. The zero-order chi connectivity index (χ0) is 31.9. The number of aliphatic hydroxyl groups is 1. The van der Waals surface area contributed by atoms with Crippen molar-refractivity contribution in [3.8, 4) is 18.1 Å². The van der Waals surface area contributed by atoms with Crippen LogP contribution in [0.1, 0.15) is 62.8 Å². The van der Waals surface area contributed by atoms with Crippen LogP contribution in [-0.4, -0.2) is 63.1 Å². The summed E-state index contributed by atoms with van der Waals surface area (Å²) >= 11 is 0. The van der Waals surface area contributed by atoms with E-state index < -0.39 is 35.8 Å². The monoisotopic (exact) mass is 596 g/mol. The van der Waals surface area contributed by atoms with Gasteiger partial charge in [0.1, 0.15) is 17.8 Å². The number of pyridine rings is 1. The van der Waals surface area contributed by atoms with Crippen LogP contribution >= 0.6 is 0 Å². The Morgan fingerprint density at radius 1 is 1.09 bits per heavy atom. The highest BCUT2D eigenvalue weighted by Crippen LogP contribution is 2.33. The Hall–Kier alpha value is -4.68. The summed E-state index contributed by atoms with van der Waals surface area (Å²) in [6, 6.07) is 14.7. The minimum Gasteiger partial charge on any atom is -0.508 e. The van der Waals surface area contributed by atoms with Gasteiger partial charge in [0.2, 0.25) is 5.91 Å². The number of piperidine rings is 1. The van der Waals surface area contributed by atoms with Crippen LogP contribution in [0.3, 0.4) is 0 Å². The summed E-state index contributed by atoms with van der Waals surface area (Å²) < 4.78 is 0. The number of aliphatic hydroxyl groups excluding tert-OH is 1. The van der Waals surface area contributed by atoms with Gasteiger partial charge in [-0.25, -0.2) is 0 Å². The van der Waals surface area contributed by atoms with E-state index in [0.29, 0.717) is 30.6 Å². The van der Waals surface area contributed by atoms with E-state index in [0.717, 1.165) is 24.0 Å². The van der Waals surface area contributed by atoms with Crippen molar-refractivity contribution < 1.29 is 24.6 Å². The Labute approximate surface area is 258 Å². The van der Waals surface area contributed by atoms with E-state index in [-0.39, 0.29) is 17.8 Å². The smallest absolute Gasteiger partial charge is 0.298 e. The van der Waals surface area contributed by atoms with Crippen molar-refractivity contribution in [2.24, 2.45) is 0 Å². The van der Waals surface area contributed by atoms with E-state index in [1.807, 2.05) is 24.3 Å². The normalized spacial score (nSPS) is 16.3. The number of hydrogen-bond donors (Lipinski definition) is 3. The number of nitrogens with zero attached hydrogens (tertiary/aromatic N) is 3. The van der Waals surface area contributed by atoms with Gasteiger partial charge in [-0.1, -0.05) is 51.1 Å². The molecule has 3 aromatic rings. The molecule has 0 radical (unpaired) electrons. The number of likely N-dealkylation sites (tertiary alicyclic amines) is 1. The molecule has 44 heavy (non-hydrogen) atoms. The lowest BCUT2D eigenvalue weighted by Crippen LogP contribution is -2.56. The number of carbonyl (C=O) groups is 3. The number of phenols is 1. The number of carbonyl (C=O) groups excluding carboxylic acids is 3. The molecule has 3 amide bonds. The maximum absolute atomic E-state index is 14.6. The number of terminal acetylenes is 1. The Balaban J connectivity index is 1.79. The molecule has 2 aromatic carbocycles. The summed E-state index contributed by atoms with van der Waals surface area (Å²) in [5.41, 5.74) is 2.65. The lowest BCUT2D eigenvalue weighted by molar-refractivity contribution is -0.138. The van der Waals surface area contributed by atoms with E-state index in [9.17, 15) is 24.6 Å². The standard InChI is InChI=1S/C35H40N4O5/c1-5-31(42)38-20-7-6-10-30(38)34(44)39(28-15-13-26(14-16-28)35(2,3)4)32(25-9-8-19-36-22-25)33(43)37-27(23-40)21-24-11-17-29(41)18-12-24/h1,8-9,11-19,22,27,30,32,40-41H,6-7,10,20-21,23H2,2-4H3,(H,37,43). The van der Waals surface area contributed by atoms with Crippen LogP contribution in [0.25, 0.3) is 0 Å². The molecule has 3 unspecified atom stereocenters. The van der Waals surface area contributed by atoms with Crippen molar-refractivity contribution in [3.63, 3.8) is 0 Å². The summed E-state index contributed by atoms with van der Waals surface area (Å²) in [5.74, 6) is 0.746. The first-order valence-electron chi connectivity index (χ1n) is 14.8. The molecule has 1 aliphatic heterocycles. The first kappa shape index (κ1) is 32.2. The summed E-state index contributed by atoms with van der Waals surface area (Å²) in [4.78, 5) is 48.7. The first-order valence-corrected chi connectivity index (χ1v) is 14.8. The van der Waals surface area contributed by atoms with Crippen LogP contribution in [0, 0.1) is 12.3 Å². The predicted molar refractivity (Wildman–Crippen MR) is 169 cm³/mol. The molecular formula is C35H40N4O5.